The van der Waals surface area contributed by atoms with Crippen LogP contribution in [0.1, 0.15) is 29.7 Å². The summed E-state index contributed by atoms with van der Waals surface area (Å²) in [7, 11) is 0. The average Bonchev–Trinajstić information content (AvgIpc) is 3.00. The van der Waals surface area contributed by atoms with E-state index in [1.165, 1.54) is 0 Å². The Morgan fingerprint density at radius 2 is 1.63 bits per heavy atom. The second kappa shape index (κ2) is 14.7. The maximum Gasteiger partial charge on any atom is 0.490 e. The molecule has 11 heteroatoms. The highest BCUT2D eigenvalue weighted by molar-refractivity contribution is 6.30. The Hall–Kier alpha value is -4.41. The lowest BCUT2D eigenvalue weighted by atomic mass is 10.00. The second-order valence-electron chi connectivity index (χ2n) is 9.72. The van der Waals surface area contributed by atoms with E-state index in [1.807, 2.05) is 84.9 Å². The number of pyridine rings is 1. The van der Waals surface area contributed by atoms with Crippen LogP contribution >= 0.6 is 11.6 Å². The molecular formula is C32H29ClF3N3O4. The Balaban J connectivity index is 0.000000541. The SMILES string of the molecule is O=C(NC1CCNCC1)/C(=C/c1ccc(Cl)cc1)c1ccc(OCc2ccc3ccccc3n2)cc1.O=C(O)C(F)(F)F. The molecule has 1 aliphatic rings. The predicted octanol–water partition coefficient (Wildman–Crippen LogP) is 6.51. The van der Waals surface area contributed by atoms with Crippen molar-refractivity contribution in [2.75, 3.05) is 13.1 Å². The van der Waals surface area contributed by atoms with Crippen molar-refractivity contribution >= 4 is 46.0 Å². The summed E-state index contributed by atoms with van der Waals surface area (Å²) < 4.78 is 37.7. The number of nitrogens with one attached hydrogen (secondary N) is 2. The Bertz CT molecular complexity index is 1570. The molecule has 0 spiro atoms. The van der Waals surface area contributed by atoms with E-state index >= 15 is 0 Å². The summed E-state index contributed by atoms with van der Waals surface area (Å²) in [6.45, 7) is 2.20. The minimum absolute atomic E-state index is 0.0779. The summed E-state index contributed by atoms with van der Waals surface area (Å²) in [4.78, 5) is 26.9. The van der Waals surface area contributed by atoms with Crippen molar-refractivity contribution in [1.82, 2.24) is 15.6 Å². The zero-order valence-corrected chi connectivity index (χ0v) is 23.7. The molecule has 2 heterocycles. The van der Waals surface area contributed by atoms with Crippen LogP contribution in [0.2, 0.25) is 5.02 Å². The van der Waals surface area contributed by atoms with Crippen molar-refractivity contribution in [2.45, 2.75) is 31.7 Å². The van der Waals surface area contributed by atoms with Gasteiger partial charge in [-0.15, -0.1) is 0 Å². The van der Waals surface area contributed by atoms with E-state index < -0.39 is 12.1 Å². The number of carboxylic acid groups (broad SMARTS) is 1. The van der Waals surface area contributed by atoms with Crippen LogP contribution < -0.4 is 15.4 Å². The number of halogens is 4. The molecule has 4 aromatic rings. The number of piperidine rings is 1. The molecule has 0 bridgehead atoms. The van der Waals surface area contributed by atoms with Crippen molar-refractivity contribution < 1.29 is 32.6 Å². The first-order chi connectivity index (χ1) is 20.6. The van der Waals surface area contributed by atoms with E-state index in [9.17, 15) is 18.0 Å². The number of hydrogen-bond acceptors (Lipinski definition) is 5. The molecule has 224 valence electrons. The smallest absolute Gasteiger partial charge is 0.487 e. The lowest BCUT2D eigenvalue weighted by molar-refractivity contribution is -0.192. The van der Waals surface area contributed by atoms with Gasteiger partial charge in [0.2, 0.25) is 0 Å². The maximum absolute atomic E-state index is 13.3. The summed E-state index contributed by atoms with van der Waals surface area (Å²) in [5.74, 6) is -2.11. The van der Waals surface area contributed by atoms with Crippen molar-refractivity contribution in [2.24, 2.45) is 0 Å². The molecule has 43 heavy (non-hydrogen) atoms. The van der Waals surface area contributed by atoms with Crippen LogP contribution in [-0.2, 0) is 16.2 Å². The monoisotopic (exact) mass is 611 g/mol. The van der Waals surface area contributed by atoms with E-state index in [-0.39, 0.29) is 11.9 Å². The van der Waals surface area contributed by atoms with E-state index in [0.29, 0.717) is 17.2 Å². The molecule has 0 radical (unpaired) electrons. The second-order valence-corrected chi connectivity index (χ2v) is 10.2. The molecule has 7 nitrogen and oxygen atoms in total. The van der Waals surface area contributed by atoms with E-state index in [2.05, 4.69) is 21.7 Å². The Kier molecular flexibility index (Phi) is 10.7. The highest BCUT2D eigenvalue weighted by Crippen LogP contribution is 2.24. The Morgan fingerprint density at radius 1 is 0.977 bits per heavy atom. The lowest BCUT2D eigenvalue weighted by Gasteiger charge is -2.24. The molecule has 0 aliphatic carbocycles. The number of alkyl halides is 3. The fourth-order valence-corrected chi connectivity index (χ4v) is 4.44. The highest BCUT2D eigenvalue weighted by Gasteiger charge is 2.38. The third-order valence-electron chi connectivity index (χ3n) is 6.55. The molecule has 1 aromatic heterocycles. The molecule has 0 unspecified atom stereocenters. The fourth-order valence-electron chi connectivity index (χ4n) is 4.31. The van der Waals surface area contributed by atoms with E-state index in [4.69, 9.17) is 26.2 Å². The number of carbonyl (C=O) groups excluding carboxylic acids is 1. The molecule has 1 saturated heterocycles. The molecule has 5 rings (SSSR count). The minimum Gasteiger partial charge on any atom is -0.487 e. The van der Waals surface area contributed by atoms with Gasteiger partial charge in [-0.05, 0) is 79.5 Å². The van der Waals surface area contributed by atoms with Gasteiger partial charge in [-0.3, -0.25) is 4.79 Å². The number of nitrogens with zero attached hydrogens (tertiary/aromatic N) is 1. The van der Waals surface area contributed by atoms with Crippen LogP contribution in [0.15, 0.2) is 84.9 Å². The summed E-state index contributed by atoms with van der Waals surface area (Å²) in [6.07, 6.45) is -1.33. The number of carboxylic acids is 1. The summed E-state index contributed by atoms with van der Waals surface area (Å²) >= 11 is 6.05. The van der Waals surface area contributed by atoms with Crippen LogP contribution in [0.3, 0.4) is 0 Å². The number of para-hydroxylation sites is 1. The van der Waals surface area contributed by atoms with Gasteiger partial charge in [0.25, 0.3) is 5.91 Å². The summed E-state index contributed by atoms with van der Waals surface area (Å²) in [5.41, 5.74) is 4.16. The van der Waals surface area contributed by atoms with Gasteiger partial charge in [0.1, 0.15) is 12.4 Å². The van der Waals surface area contributed by atoms with Crippen molar-refractivity contribution in [3.8, 4) is 5.75 Å². The van der Waals surface area contributed by atoms with Gasteiger partial charge < -0.3 is 20.5 Å². The molecular weight excluding hydrogens is 583 g/mol. The number of ether oxygens (including phenoxy) is 1. The van der Waals surface area contributed by atoms with Gasteiger partial charge in [0, 0.05) is 22.0 Å². The number of carbonyl (C=O) groups is 2. The number of rotatable bonds is 7. The predicted molar refractivity (Wildman–Crippen MR) is 160 cm³/mol. The molecule has 1 fully saturated rings. The van der Waals surface area contributed by atoms with Gasteiger partial charge in [0.15, 0.2) is 0 Å². The Morgan fingerprint density at radius 3 is 2.28 bits per heavy atom. The standard InChI is InChI=1S/C30H28ClN3O2.C2HF3O2/c31-24-10-5-21(6-11-24)19-28(30(35)34-25-15-17-32-18-16-25)22-8-13-27(14-9-22)36-20-26-12-7-23-3-1-2-4-29(23)33-26;3-2(4,5)1(6)7/h1-14,19,25,32H,15-18,20H2,(H,34,35);(H,6,7)/b28-19+;. The number of amides is 1. The van der Waals surface area contributed by atoms with Gasteiger partial charge in [0.05, 0.1) is 11.2 Å². The van der Waals surface area contributed by atoms with Gasteiger partial charge in [-0.25, -0.2) is 9.78 Å². The number of hydrogen-bond donors (Lipinski definition) is 3. The first-order valence-corrected chi connectivity index (χ1v) is 13.8. The minimum atomic E-state index is -5.08. The van der Waals surface area contributed by atoms with Crippen LogP contribution in [-0.4, -0.2) is 47.3 Å². The number of aliphatic carboxylic acids is 1. The quantitative estimate of drug-likeness (QED) is 0.163. The average molecular weight is 612 g/mol. The topological polar surface area (TPSA) is 101 Å². The maximum atomic E-state index is 13.3. The number of aromatic nitrogens is 1. The normalized spacial score (nSPS) is 14.0. The molecule has 3 N–H and O–H groups in total. The van der Waals surface area contributed by atoms with Crippen molar-refractivity contribution in [3.05, 3.63) is 107 Å². The first kappa shape index (κ1) is 31.5. The third kappa shape index (κ3) is 9.56. The van der Waals surface area contributed by atoms with Gasteiger partial charge >= 0.3 is 12.1 Å². The van der Waals surface area contributed by atoms with Crippen LogP contribution in [0.5, 0.6) is 5.75 Å². The van der Waals surface area contributed by atoms with Crippen molar-refractivity contribution in [3.63, 3.8) is 0 Å². The summed E-state index contributed by atoms with van der Waals surface area (Å²) in [6, 6.07) is 27.3. The lowest BCUT2D eigenvalue weighted by Crippen LogP contribution is -2.42. The van der Waals surface area contributed by atoms with Crippen LogP contribution in [0, 0.1) is 0 Å². The van der Waals surface area contributed by atoms with Crippen LogP contribution in [0.4, 0.5) is 13.2 Å². The first-order valence-electron chi connectivity index (χ1n) is 13.5. The van der Waals surface area contributed by atoms with E-state index in [0.717, 1.165) is 59.4 Å². The molecule has 1 aliphatic heterocycles. The number of benzene rings is 3. The highest BCUT2D eigenvalue weighted by atomic mass is 35.5. The largest absolute Gasteiger partial charge is 0.490 e. The van der Waals surface area contributed by atoms with Crippen LogP contribution in [0.25, 0.3) is 22.6 Å². The molecule has 3 aromatic carbocycles. The Labute approximate surface area is 251 Å². The van der Waals surface area contributed by atoms with Gasteiger partial charge in [-0.1, -0.05) is 60.1 Å². The van der Waals surface area contributed by atoms with E-state index in [1.54, 1.807) is 0 Å². The molecule has 0 saturated carbocycles. The third-order valence-corrected chi connectivity index (χ3v) is 6.80. The zero-order valence-electron chi connectivity index (χ0n) is 22.9. The molecule has 0 atom stereocenters. The summed E-state index contributed by atoms with van der Waals surface area (Å²) in [5, 5.41) is 15.4. The van der Waals surface area contributed by atoms with Crippen molar-refractivity contribution in [1.29, 1.82) is 0 Å². The fraction of sp³-hybridized carbons (Fsp3) is 0.219. The zero-order chi connectivity index (χ0) is 30.8. The number of fused-ring (bicyclic) bond motifs is 1. The van der Waals surface area contributed by atoms with Gasteiger partial charge in [-0.2, -0.15) is 13.2 Å². The molecule has 1 amide bonds.